The minimum Gasteiger partial charge on any atom is -1.00 e. The number of halogens is 1. The van der Waals surface area contributed by atoms with E-state index in [2.05, 4.69) is 0 Å². The number of benzene rings is 1. The van der Waals surface area contributed by atoms with Gasteiger partial charge in [0, 0.05) is 40.3 Å². The van der Waals surface area contributed by atoms with Crippen molar-refractivity contribution in [1.82, 2.24) is 9.55 Å². The number of hydrogen-bond donors (Lipinski definition) is 2. The molecule has 7 rings (SSSR count). The Morgan fingerprint density at radius 2 is 1.77 bits per heavy atom. The summed E-state index contributed by atoms with van der Waals surface area (Å²) in [5, 5.41) is 21.5. The molecule has 0 bridgehead atoms. The summed E-state index contributed by atoms with van der Waals surface area (Å²) in [6, 6.07) is 9.23. The van der Waals surface area contributed by atoms with Crippen molar-refractivity contribution in [2.75, 3.05) is 13.2 Å². The van der Waals surface area contributed by atoms with E-state index in [9.17, 15) is 19.8 Å². The third kappa shape index (κ3) is 3.78. The Hall–Kier alpha value is -3.99. The summed E-state index contributed by atoms with van der Waals surface area (Å²) in [7, 11) is 0. The molecule has 3 aromatic heterocycles. The third-order valence-electron chi connectivity index (χ3n) is 7.95. The second-order valence-corrected chi connectivity index (χ2v) is 10.1. The second kappa shape index (κ2) is 9.58. The Bertz CT molecular complexity index is 1750. The number of pyridine rings is 3. The SMILES string of the molecule is CC[C@@]1(O)C(=O)OCc2c1cc1n(c2=O)Cc2c-1nc1cc3c(cc1c2C[n+]1ccc(CO)cc1)OCCO3.[Cl-]. The summed E-state index contributed by atoms with van der Waals surface area (Å²) in [4.78, 5) is 31.2. The molecule has 40 heavy (non-hydrogen) atoms. The molecular formula is C29H26ClN3O7. The number of hydrogen-bond acceptors (Lipinski definition) is 8. The fraction of sp³-hybridized carbons (Fsp3) is 0.310. The summed E-state index contributed by atoms with van der Waals surface area (Å²) in [5.41, 5.74) is 2.88. The van der Waals surface area contributed by atoms with Gasteiger partial charge < -0.3 is 41.4 Å². The van der Waals surface area contributed by atoms with Crippen LogP contribution in [0.25, 0.3) is 22.3 Å². The van der Waals surface area contributed by atoms with Crippen LogP contribution in [0, 0.1) is 0 Å². The van der Waals surface area contributed by atoms with E-state index in [0.717, 1.165) is 22.1 Å². The van der Waals surface area contributed by atoms with E-state index in [1.54, 1.807) is 17.6 Å². The molecule has 4 aromatic rings. The van der Waals surface area contributed by atoms with E-state index in [-0.39, 0.29) is 55.3 Å². The molecule has 2 N–H and O–H groups in total. The number of aliphatic hydroxyl groups excluding tert-OH is 1. The van der Waals surface area contributed by atoms with Crippen LogP contribution in [-0.2, 0) is 41.4 Å². The van der Waals surface area contributed by atoms with Crippen LogP contribution in [-0.4, -0.2) is 38.9 Å². The molecule has 0 saturated carbocycles. The molecular weight excluding hydrogens is 538 g/mol. The maximum Gasteiger partial charge on any atom is 0.343 e. The van der Waals surface area contributed by atoms with Crippen molar-refractivity contribution < 1.29 is 46.2 Å². The van der Waals surface area contributed by atoms with Gasteiger partial charge in [0.1, 0.15) is 19.8 Å². The lowest BCUT2D eigenvalue weighted by Gasteiger charge is -2.31. The number of carbonyl (C=O) groups is 1. The van der Waals surface area contributed by atoms with Crippen molar-refractivity contribution in [2.45, 2.75) is 45.2 Å². The highest BCUT2D eigenvalue weighted by Gasteiger charge is 2.45. The number of carbonyl (C=O) groups excluding carboxylic acids is 1. The van der Waals surface area contributed by atoms with Gasteiger partial charge in [-0.1, -0.05) is 6.92 Å². The van der Waals surface area contributed by atoms with Crippen LogP contribution in [0.1, 0.15) is 41.2 Å². The summed E-state index contributed by atoms with van der Waals surface area (Å²) in [5.74, 6) is 0.499. The van der Waals surface area contributed by atoms with Gasteiger partial charge in [-0.05, 0) is 24.1 Å². The standard InChI is InChI=1S/C29H26N3O7.ClH/c1-2-29(36)21-10-23-26-19(13-32(23)27(34)20(21)15-39-28(29)35)18(12-31-5-3-16(14-33)4-6-31)17-9-24-25(11-22(17)30-26)38-8-7-37-24;/h3-6,9-11,33,36H,2,7-8,12-15H2,1H3;1H/q+1;/p-1/t29-;/m0./s1. The molecule has 10 nitrogen and oxygen atoms in total. The fourth-order valence-electron chi connectivity index (χ4n) is 5.76. The molecule has 0 spiro atoms. The smallest absolute Gasteiger partial charge is 0.343 e. The van der Waals surface area contributed by atoms with E-state index in [1.807, 2.05) is 41.2 Å². The largest absolute Gasteiger partial charge is 1.00 e. The zero-order valence-corrected chi connectivity index (χ0v) is 22.4. The van der Waals surface area contributed by atoms with Gasteiger partial charge in [-0.15, -0.1) is 0 Å². The molecule has 3 aliphatic rings. The fourth-order valence-corrected chi connectivity index (χ4v) is 5.76. The van der Waals surface area contributed by atoms with Crippen LogP contribution < -0.4 is 32.0 Å². The molecule has 1 atom stereocenters. The van der Waals surface area contributed by atoms with E-state index < -0.39 is 11.6 Å². The third-order valence-corrected chi connectivity index (χ3v) is 7.95. The zero-order valence-electron chi connectivity index (χ0n) is 21.6. The topological polar surface area (TPSA) is 124 Å². The molecule has 11 heteroatoms. The summed E-state index contributed by atoms with van der Waals surface area (Å²) < 4.78 is 20.5. The first-order chi connectivity index (χ1) is 18.9. The maximum atomic E-state index is 13.7. The number of aromatic nitrogens is 3. The lowest BCUT2D eigenvalue weighted by atomic mass is 9.86. The van der Waals surface area contributed by atoms with Gasteiger partial charge in [-0.25, -0.2) is 14.3 Å². The Morgan fingerprint density at radius 3 is 2.48 bits per heavy atom. The quantitative estimate of drug-likeness (QED) is 0.204. The van der Waals surface area contributed by atoms with Gasteiger partial charge in [0.25, 0.3) is 5.56 Å². The van der Waals surface area contributed by atoms with Crippen LogP contribution in [0.3, 0.4) is 0 Å². The number of aliphatic hydroxyl groups is 2. The highest BCUT2D eigenvalue weighted by Crippen LogP contribution is 2.42. The number of esters is 1. The van der Waals surface area contributed by atoms with Crippen molar-refractivity contribution in [2.24, 2.45) is 0 Å². The predicted molar refractivity (Wildman–Crippen MR) is 137 cm³/mol. The van der Waals surface area contributed by atoms with Crippen molar-refractivity contribution in [3.63, 3.8) is 0 Å². The first-order valence-electron chi connectivity index (χ1n) is 12.9. The van der Waals surface area contributed by atoms with Crippen LogP contribution >= 0.6 is 0 Å². The summed E-state index contributed by atoms with van der Waals surface area (Å²) in [6.45, 7) is 3.13. The van der Waals surface area contributed by atoms with Crippen molar-refractivity contribution in [3.05, 3.63) is 80.9 Å². The molecule has 0 fully saturated rings. The summed E-state index contributed by atoms with van der Waals surface area (Å²) >= 11 is 0. The lowest BCUT2D eigenvalue weighted by Crippen LogP contribution is -3.00. The number of cyclic esters (lactones) is 1. The zero-order chi connectivity index (χ0) is 26.9. The van der Waals surface area contributed by atoms with Crippen molar-refractivity contribution in [3.8, 4) is 22.9 Å². The molecule has 206 valence electrons. The van der Waals surface area contributed by atoms with Crippen LogP contribution in [0.5, 0.6) is 11.5 Å². The maximum absolute atomic E-state index is 13.7. The van der Waals surface area contributed by atoms with Crippen LogP contribution in [0.4, 0.5) is 0 Å². The summed E-state index contributed by atoms with van der Waals surface area (Å²) in [6.07, 6.45) is 3.88. The van der Waals surface area contributed by atoms with Crippen molar-refractivity contribution >= 4 is 16.9 Å². The minimum absolute atomic E-state index is 0. The predicted octanol–water partition coefficient (Wildman–Crippen LogP) is -1.32. The molecule has 0 unspecified atom stereocenters. The minimum atomic E-state index is -1.89. The highest BCUT2D eigenvalue weighted by atomic mass is 35.5. The first-order valence-corrected chi connectivity index (χ1v) is 12.9. The van der Waals surface area contributed by atoms with Crippen LogP contribution in [0.2, 0.25) is 0 Å². The van der Waals surface area contributed by atoms with Crippen molar-refractivity contribution in [1.29, 1.82) is 0 Å². The van der Waals surface area contributed by atoms with E-state index in [0.29, 0.717) is 48.2 Å². The average Bonchev–Trinajstić information content (AvgIpc) is 3.33. The average molecular weight is 564 g/mol. The van der Waals surface area contributed by atoms with Gasteiger partial charge in [-0.2, -0.15) is 0 Å². The van der Waals surface area contributed by atoms with Gasteiger partial charge in [0.15, 0.2) is 36.0 Å². The second-order valence-electron chi connectivity index (χ2n) is 10.1. The van der Waals surface area contributed by atoms with Gasteiger partial charge in [0.05, 0.1) is 35.6 Å². The Kier molecular flexibility index (Phi) is 6.29. The number of rotatable bonds is 4. The monoisotopic (exact) mass is 563 g/mol. The number of fused-ring (bicyclic) bond motifs is 6. The molecule has 0 radical (unpaired) electrons. The van der Waals surface area contributed by atoms with Gasteiger partial charge >= 0.3 is 5.97 Å². The molecule has 3 aliphatic heterocycles. The van der Waals surface area contributed by atoms with E-state index >= 15 is 0 Å². The molecule has 0 amide bonds. The normalized spacial score (nSPS) is 18.4. The molecule has 0 saturated heterocycles. The Balaban J connectivity index is 0.00000289. The van der Waals surface area contributed by atoms with E-state index in [4.69, 9.17) is 19.2 Å². The van der Waals surface area contributed by atoms with E-state index in [1.165, 1.54) is 0 Å². The van der Waals surface area contributed by atoms with Gasteiger partial charge in [0.2, 0.25) is 0 Å². The Labute approximate surface area is 234 Å². The van der Waals surface area contributed by atoms with Crippen LogP contribution in [0.15, 0.2) is 47.5 Å². The molecule has 0 aliphatic carbocycles. The number of nitrogens with zero attached hydrogens (tertiary/aromatic N) is 3. The first kappa shape index (κ1) is 26.2. The lowest BCUT2D eigenvalue weighted by molar-refractivity contribution is -0.688. The highest BCUT2D eigenvalue weighted by molar-refractivity contribution is 5.91. The molecule has 6 heterocycles. The van der Waals surface area contributed by atoms with Gasteiger partial charge in [-0.3, -0.25) is 4.79 Å². The molecule has 1 aromatic carbocycles. The number of ether oxygens (including phenoxy) is 3. The Morgan fingerprint density at radius 1 is 1.05 bits per heavy atom.